The van der Waals surface area contributed by atoms with Crippen LogP contribution in [-0.4, -0.2) is 36.7 Å². The van der Waals surface area contributed by atoms with Crippen molar-refractivity contribution in [2.24, 2.45) is 0 Å². The number of ether oxygens (including phenoxy) is 2. The summed E-state index contributed by atoms with van der Waals surface area (Å²) in [6.07, 6.45) is 0. The summed E-state index contributed by atoms with van der Waals surface area (Å²) in [5, 5.41) is 12.1. The van der Waals surface area contributed by atoms with E-state index in [2.05, 4.69) is 10.1 Å². The van der Waals surface area contributed by atoms with Crippen molar-refractivity contribution in [1.29, 1.82) is 0 Å². The first kappa shape index (κ1) is 18.0. The molecule has 1 amide bonds. The van der Waals surface area contributed by atoms with Gasteiger partial charge in [-0.3, -0.25) is 4.79 Å². The zero-order chi connectivity index (χ0) is 18.2. The van der Waals surface area contributed by atoms with E-state index in [0.717, 1.165) is 5.56 Å². The Kier molecular flexibility index (Phi) is 6.11. The Balaban J connectivity index is 1.80. The number of nitrogens with one attached hydrogen (secondary N) is 1. The lowest BCUT2D eigenvalue weighted by Gasteiger charge is -2.08. The zero-order valence-electron chi connectivity index (χ0n) is 13.5. The second kappa shape index (κ2) is 8.49. The van der Waals surface area contributed by atoms with Gasteiger partial charge in [-0.2, -0.15) is 0 Å². The van der Waals surface area contributed by atoms with Crippen LogP contribution in [-0.2, 0) is 20.8 Å². The minimum absolute atomic E-state index is 0.00583. The molecule has 2 aromatic carbocycles. The third-order valence-electron chi connectivity index (χ3n) is 3.32. The molecule has 0 radical (unpaired) electrons. The highest BCUT2D eigenvalue weighted by Crippen LogP contribution is 2.16. The predicted octanol–water partition coefficient (Wildman–Crippen LogP) is 1.65. The normalized spacial score (nSPS) is 9.96. The molecule has 0 aliphatic carbocycles. The van der Waals surface area contributed by atoms with Gasteiger partial charge in [-0.25, -0.2) is 9.59 Å². The average molecular weight is 343 g/mol. The highest BCUT2D eigenvalue weighted by Gasteiger charge is 2.13. The van der Waals surface area contributed by atoms with Gasteiger partial charge in [0.25, 0.3) is 5.91 Å². The quantitative estimate of drug-likeness (QED) is 0.773. The number of hydrogen-bond acceptors (Lipinski definition) is 6. The number of aromatic hydroxyl groups is 1. The first-order valence-electron chi connectivity index (χ1n) is 7.40. The number of amides is 1. The van der Waals surface area contributed by atoms with Crippen LogP contribution in [0.1, 0.15) is 26.3 Å². The van der Waals surface area contributed by atoms with E-state index in [1.165, 1.54) is 19.2 Å². The Morgan fingerprint density at radius 2 is 1.68 bits per heavy atom. The largest absolute Gasteiger partial charge is 0.507 e. The van der Waals surface area contributed by atoms with Crippen LogP contribution in [0, 0.1) is 0 Å². The maximum Gasteiger partial charge on any atom is 0.342 e. The monoisotopic (exact) mass is 343 g/mol. The van der Waals surface area contributed by atoms with Crippen molar-refractivity contribution in [3.63, 3.8) is 0 Å². The molecule has 0 saturated carbocycles. The molecule has 2 rings (SSSR count). The van der Waals surface area contributed by atoms with Crippen molar-refractivity contribution in [1.82, 2.24) is 5.32 Å². The third-order valence-corrected chi connectivity index (χ3v) is 3.32. The summed E-state index contributed by atoms with van der Waals surface area (Å²) in [6.45, 7) is -0.248. The van der Waals surface area contributed by atoms with E-state index in [0.29, 0.717) is 5.56 Å². The number of carbonyl (C=O) groups is 3. The second-order valence-corrected chi connectivity index (χ2v) is 5.06. The molecule has 0 aromatic heterocycles. The fraction of sp³-hybridized carbons (Fsp3) is 0.167. The molecule has 0 aliphatic rings. The van der Waals surface area contributed by atoms with Crippen molar-refractivity contribution < 1.29 is 29.0 Å². The van der Waals surface area contributed by atoms with Crippen LogP contribution in [0.5, 0.6) is 5.75 Å². The number of hydrogen-bond donors (Lipinski definition) is 2. The lowest BCUT2D eigenvalue weighted by atomic mass is 10.1. The molecule has 0 aliphatic heterocycles. The predicted molar refractivity (Wildman–Crippen MR) is 88.0 cm³/mol. The molecule has 0 heterocycles. The zero-order valence-corrected chi connectivity index (χ0v) is 13.5. The number of phenols is 1. The number of benzene rings is 2. The molecule has 7 nitrogen and oxygen atoms in total. The maximum atomic E-state index is 11.8. The SMILES string of the molecule is COC(=O)c1ccc(CNC(=O)COC(=O)c2ccccc2O)cc1. The van der Waals surface area contributed by atoms with E-state index in [9.17, 15) is 19.5 Å². The molecule has 0 bridgehead atoms. The number of carbonyl (C=O) groups excluding carboxylic acids is 3. The molecule has 130 valence electrons. The lowest BCUT2D eigenvalue weighted by molar-refractivity contribution is -0.124. The summed E-state index contributed by atoms with van der Waals surface area (Å²) in [7, 11) is 1.30. The van der Waals surface area contributed by atoms with E-state index in [1.54, 1.807) is 36.4 Å². The fourth-order valence-electron chi connectivity index (χ4n) is 1.98. The van der Waals surface area contributed by atoms with Crippen LogP contribution in [0.15, 0.2) is 48.5 Å². The Hall–Kier alpha value is -3.35. The van der Waals surface area contributed by atoms with Gasteiger partial charge in [0.1, 0.15) is 11.3 Å². The second-order valence-electron chi connectivity index (χ2n) is 5.06. The summed E-state index contributed by atoms with van der Waals surface area (Å²) in [5.74, 6) is -1.92. The van der Waals surface area contributed by atoms with Crippen molar-refractivity contribution in [3.05, 3.63) is 65.2 Å². The smallest absolute Gasteiger partial charge is 0.342 e. The molecule has 2 aromatic rings. The van der Waals surface area contributed by atoms with Gasteiger partial charge in [0.05, 0.1) is 12.7 Å². The lowest BCUT2D eigenvalue weighted by Crippen LogP contribution is -2.28. The van der Waals surface area contributed by atoms with Gasteiger partial charge in [0.2, 0.25) is 0 Å². The fourth-order valence-corrected chi connectivity index (χ4v) is 1.98. The van der Waals surface area contributed by atoms with Gasteiger partial charge in [0, 0.05) is 6.54 Å². The third kappa shape index (κ3) is 5.07. The molecule has 2 N–H and O–H groups in total. The molecule has 0 fully saturated rings. The van der Waals surface area contributed by atoms with Crippen LogP contribution in [0.3, 0.4) is 0 Å². The number of rotatable bonds is 6. The van der Waals surface area contributed by atoms with E-state index in [-0.39, 0.29) is 17.9 Å². The molecule has 7 heteroatoms. The van der Waals surface area contributed by atoms with E-state index >= 15 is 0 Å². The Morgan fingerprint density at radius 3 is 2.32 bits per heavy atom. The molecular weight excluding hydrogens is 326 g/mol. The summed E-state index contributed by atoms with van der Waals surface area (Å²) in [6, 6.07) is 12.4. The molecule has 0 saturated heterocycles. The summed E-state index contributed by atoms with van der Waals surface area (Å²) < 4.78 is 9.45. The van der Waals surface area contributed by atoms with E-state index in [1.807, 2.05) is 0 Å². The molecule has 0 unspecified atom stereocenters. The van der Waals surface area contributed by atoms with Crippen molar-refractivity contribution >= 4 is 17.8 Å². The molecular formula is C18H17NO6. The van der Waals surface area contributed by atoms with Crippen molar-refractivity contribution in [2.45, 2.75) is 6.54 Å². The van der Waals surface area contributed by atoms with Gasteiger partial charge in [-0.1, -0.05) is 24.3 Å². The van der Waals surface area contributed by atoms with Crippen LogP contribution < -0.4 is 5.32 Å². The Morgan fingerprint density at radius 1 is 1.00 bits per heavy atom. The highest BCUT2D eigenvalue weighted by atomic mass is 16.5. The van der Waals surface area contributed by atoms with Gasteiger partial charge in [0.15, 0.2) is 6.61 Å². The van der Waals surface area contributed by atoms with Gasteiger partial charge < -0.3 is 19.9 Å². The maximum absolute atomic E-state index is 11.8. The van der Waals surface area contributed by atoms with Crippen molar-refractivity contribution in [2.75, 3.05) is 13.7 Å². The summed E-state index contributed by atoms with van der Waals surface area (Å²) in [4.78, 5) is 34.8. The summed E-state index contributed by atoms with van der Waals surface area (Å²) >= 11 is 0. The Bertz CT molecular complexity index is 769. The van der Waals surface area contributed by atoms with E-state index in [4.69, 9.17) is 4.74 Å². The minimum atomic E-state index is -0.782. The number of phenolic OH excluding ortho intramolecular Hbond substituents is 1. The Labute approximate surface area is 144 Å². The van der Waals surface area contributed by atoms with Crippen molar-refractivity contribution in [3.8, 4) is 5.75 Å². The average Bonchev–Trinajstić information content (AvgIpc) is 2.64. The van der Waals surface area contributed by atoms with Crippen LogP contribution >= 0.6 is 0 Å². The first-order chi connectivity index (χ1) is 12.0. The first-order valence-corrected chi connectivity index (χ1v) is 7.40. The van der Waals surface area contributed by atoms with Gasteiger partial charge in [-0.15, -0.1) is 0 Å². The van der Waals surface area contributed by atoms with Gasteiger partial charge >= 0.3 is 11.9 Å². The van der Waals surface area contributed by atoms with Crippen LogP contribution in [0.4, 0.5) is 0 Å². The highest BCUT2D eigenvalue weighted by molar-refractivity contribution is 5.93. The number of esters is 2. The topological polar surface area (TPSA) is 102 Å². The number of para-hydroxylation sites is 1. The molecule has 25 heavy (non-hydrogen) atoms. The standard InChI is InChI=1S/C18H17NO6/c1-24-17(22)13-8-6-12(7-9-13)10-19-16(21)11-25-18(23)14-4-2-3-5-15(14)20/h2-9,20H,10-11H2,1H3,(H,19,21). The van der Waals surface area contributed by atoms with Crippen LogP contribution in [0.25, 0.3) is 0 Å². The minimum Gasteiger partial charge on any atom is -0.507 e. The molecule has 0 spiro atoms. The summed E-state index contributed by atoms with van der Waals surface area (Å²) in [5.41, 5.74) is 1.18. The van der Waals surface area contributed by atoms with E-state index < -0.39 is 24.5 Å². The van der Waals surface area contributed by atoms with Gasteiger partial charge in [-0.05, 0) is 29.8 Å². The number of methoxy groups -OCH3 is 1. The molecule has 0 atom stereocenters. The van der Waals surface area contributed by atoms with Crippen LogP contribution in [0.2, 0.25) is 0 Å².